The maximum Gasteiger partial charge on any atom is 0.262 e. The summed E-state index contributed by atoms with van der Waals surface area (Å²) in [4.78, 5) is 2.12. The van der Waals surface area contributed by atoms with E-state index in [0.29, 0.717) is 16.1 Å². The first-order valence-electron chi connectivity index (χ1n) is 7.36. The van der Waals surface area contributed by atoms with Crippen LogP contribution in [0.3, 0.4) is 0 Å². The number of halogens is 1. The van der Waals surface area contributed by atoms with Crippen LogP contribution in [-0.2, 0) is 10.0 Å². The van der Waals surface area contributed by atoms with E-state index < -0.39 is 10.0 Å². The van der Waals surface area contributed by atoms with Crippen molar-refractivity contribution in [2.75, 3.05) is 23.7 Å². The first-order chi connectivity index (χ1) is 11.4. The van der Waals surface area contributed by atoms with E-state index in [1.54, 1.807) is 36.4 Å². The number of rotatable bonds is 4. The highest BCUT2D eigenvalue weighted by atomic mass is 35.5. The third-order valence-corrected chi connectivity index (χ3v) is 5.48. The number of benzene rings is 3. The van der Waals surface area contributed by atoms with Crippen LogP contribution in [0, 0.1) is 0 Å². The number of hydrogen-bond donors (Lipinski definition) is 1. The molecule has 0 aliphatic heterocycles. The molecule has 3 rings (SSSR count). The zero-order valence-corrected chi connectivity index (χ0v) is 14.9. The average molecular weight is 361 g/mol. The largest absolute Gasteiger partial charge is 0.378 e. The Morgan fingerprint density at radius 1 is 0.917 bits per heavy atom. The van der Waals surface area contributed by atoms with Crippen molar-refractivity contribution in [1.29, 1.82) is 0 Å². The van der Waals surface area contributed by atoms with E-state index in [1.807, 2.05) is 43.3 Å². The van der Waals surface area contributed by atoms with Crippen LogP contribution in [-0.4, -0.2) is 22.5 Å². The Hall–Kier alpha value is -2.24. The second kappa shape index (κ2) is 6.34. The number of nitrogens with one attached hydrogen (secondary N) is 1. The van der Waals surface area contributed by atoms with Crippen molar-refractivity contribution in [3.05, 3.63) is 65.7 Å². The van der Waals surface area contributed by atoms with Crippen LogP contribution in [0.25, 0.3) is 10.8 Å². The van der Waals surface area contributed by atoms with Gasteiger partial charge in [-0.05, 0) is 41.8 Å². The molecule has 0 radical (unpaired) electrons. The van der Waals surface area contributed by atoms with Crippen LogP contribution < -0.4 is 9.62 Å². The Balaban J connectivity index is 2.02. The second-order valence-electron chi connectivity index (χ2n) is 5.64. The summed E-state index contributed by atoms with van der Waals surface area (Å²) >= 11 is 6.23. The molecule has 0 aliphatic rings. The van der Waals surface area contributed by atoms with Gasteiger partial charge in [-0.2, -0.15) is 0 Å². The van der Waals surface area contributed by atoms with Crippen molar-refractivity contribution in [3.8, 4) is 0 Å². The lowest BCUT2D eigenvalue weighted by molar-refractivity contribution is 0.602. The maximum atomic E-state index is 12.8. The maximum absolute atomic E-state index is 12.8. The minimum absolute atomic E-state index is 0.169. The highest BCUT2D eigenvalue weighted by Crippen LogP contribution is 2.31. The average Bonchev–Trinajstić information content (AvgIpc) is 2.55. The lowest BCUT2D eigenvalue weighted by Crippen LogP contribution is -2.14. The molecule has 124 valence electrons. The summed E-state index contributed by atoms with van der Waals surface area (Å²) < 4.78 is 28.2. The fourth-order valence-electron chi connectivity index (χ4n) is 2.52. The molecule has 0 bridgehead atoms. The number of anilines is 2. The van der Waals surface area contributed by atoms with E-state index >= 15 is 0 Å². The van der Waals surface area contributed by atoms with E-state index in [9.17, 15) is 8.42 Å². The number of sulfonamides is 1. The zero-order chi connectivity index (χ0) is 17.3. The molecule has 0 atom stereocenters. The Kier molecular flexibility index (Phi) is 4.39. The van der Waals surface area contributed by atoms with Crippen molar-refractivity contribution in [1.82, 2.24) is 0 Å². The summed E-state index contributed by atoms with van der Waals surface area (Å²) in [6, 6.07) is 17.6. The van der Waals surface area contributed by atoms with Gasteiger partial charge in [-0.3, -0.25) is 4.72 Å². The van der Waals surface area contributed by atoms with E-state index in [4.69, 9.17) is 11.6 Å². The molecule has 0 aliphatic carbocycles. The zero-order valence-electron chi connectivity index (χ0n) is 13.3. The molecular weight excluding hydrogens is 344 g/mol. The summed E-state index contributed by atoms with van der Waals surface area (Å²) in [6.07, 6.45) is 0. The normalized spacial score (nSPS) is 11.5. The third-order valence-electron chi connectivity index (χ3n) is 3.74. The molecule has 3 aromatic carbocycles. The molecule has 0 saturated carbocycles. The van der Waals surface area contributed by atoms with Gasteiger partial charge >= 0.3 is 0 Å². The quantitative estimate of drug-likeness (QED) is 0.752. The van der Waals surface area contributed by atoms with Gasteiger partial charge in [-0.15, -0.1) is 0 Å². The van der Waals surface area contributed by atoms with Gasteiger partial charge in [0.15, 0.2) is 0 Å². The molecule has 0 fully saturated rings. The molecule has 0 heterocycles. The Bertz CT molecular complexity index is 978. The summed E-state index contributed by atoms with van der Waals surface area (Å²) in [6.45, 7) is 0. The van der Waals surface area contributed by atoms with Crippen LogP contribution in [0.15, 0.2) is 65.6 Å². The minimum Gasteiger partial charge on any atom is -0.378 e. The van der Waals surface area contributed by atoms with Crippen molar-refractivity contribution in [2.24, 2.45) is 0 Å². The molecular formula is C18H17ClN2O2S. The molecule has 3 aromatic rings. The SMILES string of the molecule is CN(C)c1ccc(NS(=O)(=O)c2cccc3cccc(Cl)c23)cc1. The lowest BCUT2D eigenvalue weighted by atomic mass is 10.1. The van der Waals surface area contributed by atoms with Gasteiger partial charge in [0.1, 0.15) is 0 Å². The van der Waals surface area contributed by atoms with Crippen LogP contribution in [0.4, 0.5) is 11.4 Å². The predicted octanol–water partition coefficient (Wildman–Crippen LogP) is 4.36. The fraction of sp³-hybridized carbons (Fsp3) is 0.111. The topological polar surface area (TPSA) is 49.4 Å². The molecule has 6 heteroatoms. The first-order valence-corrected chi connectivity index (χ1v) is 9.22. The Morgan fingerprint density at radius 2 is 1.54 bits per heavy atom. The van der Waals surface area contributed by atoms with E-state index in [-0.39, 0.29) is 4.90 Å². The predicted molar refractivity (Wildman–Crippen MR) is 101 cm³/mol. The number of fused-ring (bicyclic) bond motifs is 1. The van der Waals surface area contributed by atoms with Gasteiger partial charge < -0.3 is 4.90 Å². The molecule has 0 spiro atoms. The fourth-order valence-corrected chi connectivity index (χ4v) is 4.17. The molecule has 24 heavy (non-hydrogen) atoms. The summed E-state index contributed by atoms with van der Waals surface area (Å²) in [7, 11) is 0.112. The third kappa shape index (κ3) is 3.18. The summed E-state index contributed by atoms with van der Waals surface area (Å²) in [5.41, 5.74) is 1.50. The number of nitrogens with zero attached hydrogens (tertiary/aromatic N) is 1. The van der Waals surface area contributed by atoms with Crippen LogP contribution in [0.5, 0.6) is 0 Å². The van der Waals surface area contributed by atoms with E-state index in [2.05, 4.69) is 4.72 Å². The lowest BCUT2D eigenvalue weighted by Gasteiger charge is -2.14. The van der Waals surface area contributed by atoms with Gasteiger partial charge in [-0.1, -0.05) is 35.9 Å². The molecule has 0 saturated heterocycles. The van der Waals surface area contributed by atoms with Crippen LogP contribution in [0.2, 0.25) is 5.02 Å². The summed E-state index contributed by atoms with van der Waals surface area (Å²) in [5.74, 6) is 0. The van der Waals surface area contributed by atoms with Gasteiger partial charge in [0.25, 0.3) is 10.0 Å². The van der Waals surface area contributed by atoms with E-state index in [1.165, 1.54) is 0 Å². The monoisotopic (exact) mass is 360 g/mol. The van der Waals surface area contributed by atoms with Crippen molar-refractivity contribution in [2.45, 2.75) is 4.90 Å². The summed E-state index contributed by atoms with van der Waals surface area (Å²) in [5, 5.41) is 1.73. The van der Waals surface area contributed by atoms with Crippen molar-refractivity contribution < 1.29 is 8.42 Å². The van der Waals surface area contributed by atoms with Gasteiger partial charge in [-0.25, -0.2) is 8.42 Å². The van der Waals surface area contributed by atoms with Crippen molar-refractivity contribution >= 4 is 43.8 Å². The van der Waals surface area contributed by atoms with Crippen LogP contribution in [0.1, 0.15) is 0 Å². The minimum atomic E-state index is -3.74. The Labute approximate surface area is 146 Å². The molecule has 1 N–H and O–H groups in total. The standard InChI is InChI=1S/C18H17ClN2O2S/c1-21(2)15-11-9-14(10-12-15)20-24(22,23)17-8-4-6-13-5-3-7-16(19)18(13)17/h3-12,20H,1-2H3. The van der Waals surface area contributed by atoms with E-state index in [0.717, 1.165) is 11.1 Å². The van der Waals surface area contributed by atoms with Gasteiger partial charge in [0, 0.05) is 35.9 Å². The smallest absolute Gasteiger partial charge is 0.262 e. The van der Waals surface area contributed by atoms with Gasteiger partial charge in [0.2, 0.25) is 0 Å². The first kappa shape index (κ1) is 16.6. The molecule has 4 nitrogen and oxygen atoms in total. The Morgan fingerprint density at radius 3 is 2.17 bits per heavy atom. The molecule has 0 unspecified atom stereocenters. The molecule has 0 aromatic heterocycles. The highest BCUT2D eigenvalue weighted by molar-refractivity contribution is 7.93. The highest BCUT2D eigenvalue weighted by Gasteiger charge is 2.19. The second-order valence-corrected chi connectivity index (χ2v) is 7.70. The van der Waals surface area contributed by atoms with Gasteiger partial charge in [0.05, 0.1) is 4.90 Å². The number of hydrogen-bond acceptors (Lipinski definition) is 3. The molecule has 0 amide bonds. The van der Waals surface area contributed by atoms with Crippen molar-refractivity contribution in [3.63, 3.8) is 0 Å². The van der Waals surface area contributed by atoms with Crippen LogP contribution >= 0.6 is 11.6 Å².